The summed E-state index contributed by atoms with van der Waals surface area (Å²) in [7, 11) is 0. The van der Waals surface area contributed by atoms with E-state index in [1.165, 1.54) is 0 Å². The summed E-state index contributed by atoms with van der Waals surface area (Å²) in [4.78, 5) is 13.6. The maximum atomic E-state index is 13.6. The van der Waals surface area contributed by atoms with Gasteiger partial charge in [0.05, 0.1) is 26.4 Å². The minimum atomic E-state index is -0.596. The van der Waals surface area contributed by atoms with Gasteiger partial charge < -0.3 is 29.2 Å². The van der Waals surface area contributed by atoms with Crippen molar-refractivity contribution >= 4 is 5.78 Å². The number of ether oxygens (including phenoxy) is 4. The molecular formula is C44H50O7. The number of fused-ring (bicyclic) bond motifs is 7. The Morgan fingerprint density at radius 1 is 0.549 bits per heavy atom. The molecule has 0 radical (unpaired) electrons. The number of phenolic OH excluding ortho intramolecular Hbond substituents is 2. The van der Waals surface area contributed by atoms with Crippen molar-refractivity contribution in [3.63, 3.8) is 0 Å². The molecule has 0 amide bonds. The number of aryl methyl sites for hydroxylation is 2. The van der Waals surface area contributed by atoms with E-state index in [1.807, 2.05) is 90.1 Å². The molecule has 0 heterocycles. The molecule has 0 fully saturated rings. The normalized spacial score (nSPS) is 19.0. The van der Waals surface area contributed by atoms with E-state index in [-0.39, 0.29) is 17.3 Å². The first-order valence-electron chi connectivity index (χ1n) is 18.4. The van der Waals surface area contributed by atoms with Gasteiger partial charge in [-0.1, -0.05) is 35.9 Å². The Morgan fingerprint density at radius 2 is 1.04 bits per heavy atom. The Hall–Kier alpha value is -4.01. The molecule has 7 nitrogen and oxygen atoms in total. The molecule has 4 aromatic rings. The van der Waals surface area contributed by atoms with Gasteiger partial charge in [-0.2, -0.15) is 0 Å². The second-order valence-corrected chi connectivity index (χ2v) is 14.8. The summed E-state index contributed by atoms with van der Waals surface area (Å²) in [5, 5.41) is 23.3. The SMILES string of the molecule is CCOCC1(COCC)CC2(CC(COCC)(COCC)c3cc(-c4ccc5c(c4)C(=O)c4cc(C)ccc4-5)c(O)cc32)c2cc(O)c(C)cc21. The zero-order valence-electron chi connectivity index (χ0n) is 30.8. The van der Waals surface area contributed by atoms with Crippen LogP contribution in [0.3, 0.4) is 0 Å². The van der Waals surface area contributed by atoms with Crippen molar-refractivity contribution in [2.75, 3.05) is 52.9 Å². The summed E-state index contributed by atoms with van der Waals surface area (Å²) in [6, 6.07) is 20.0. The van der Waals surface area contributed by atoms with Crippen molar-refractivity contribution in [1.82, 2.24) is 0 Å². The van der Waals surface area contributed by atoms with Crippen molar-refractivity contribution in [3.05, 3.63) is 105 Å². The maximum Gasteiger partial charge on any atom is 0.194 e. The fraction of sp³-hybridized carbons (Fsp3) is 0.432. The average Bonchev–Trinajstić information content (AvgIpc) is 3.66. The molecule has 3 aliphatic rings. The number of hydrogen-bond acceptors (Lipinski definition) is 7. The molecule has 0 saturated carbocycles. The predicted molar refractivity (Wildman–Crippen MR) is 199 cm³/mol. The van der Waals surface area contributed by atoms with Crippen LogP contribution in [0.25, 0.3) is 22.3 Å². The van der Waals surface area contributed by atoms with E-state index in [0.717, 1.165) is 55.6 Å². The smallest absolute Gasteiger partial charge is 0.194 e. The Balaban J connectivity index is 1.45. The Morgan fingerprint density at radius 3 is 1.59 bits per heavy atom. The van der Waals surface area contributed by atoms with Crippen molar-refractivity contribution in [2.45, 2.75) is 70.6 Å². The van der Waals surface area contributed by atoms with Crippen LogP contribution in [0.1, 0.15) is 89.8 Å². The summed E-state index contributed by atoms with van der Waals surface area (Å²) < 4.78 is 25.0. The third-order valence-corrected chi connectivity index (χ3v) is 11.5. The number of rotatable bonds is 13. The van der Waals surface area contributed by atoms with Crippen molar-refractivity contribution in [3.8, 4) is 33.8 Å². The monoisotopic (exact) mass is 690 g/mol. The molecule has 0 aliphatic heterocycles. The zero-order valence-corrected chi connectivity index (χ0v) is 30.8. The van der Waals surface area contributed by atoms with Gasteiger partial charge in [0.2, 0.25) is 0 Å². The number of ketones is 1. The highest BCUT2D eigenvalue weighted by atomic mass is 16.5. The molecule has 268 valence electrons. The van der Waals surface area contributed by atoms with Crippen molar-refractivity contribution < 1.29 is 34.0 Å². The minimum absolute atomic E-state index is 0.00444. The van der Waals surface area contributed by atoms with Gasteiger partial charge in [0.15, 0.2) is 5.78 Å². The molecule has 1 atom stereocenters. The molecule has 3 aliphatic carbocycles. The summed E-state index contributed by atoms with van der Waals surface area (Å²) in [6.07, 6.45) is 1.33. The molecule has 7 rings (SSSR count). The van der Waals surface area contributed by atoms with Gasteiger partial charge >= 0.3 is 0 Å². The predicted octanol–water partition coefficient (Wildman–Crippen LogP) is 8.31. The number of phenols is 2. The van der Waals surface area contributed by atoms with E-state index in [4.69, 9.17) is 18.9 Å². The summed E-state index contributed by atoms with van der Waals surface area (Å²) in [5.41, 5.74) is 9.07. The minimum Gasteiger partial charge on any atom is -0.508 e. The Kier molecular flexibility index (Phi) is 9.38. The summed E-state index contributed by atoms with van der Waals surface area (Å²) in [6.45, 7) is 16.0. The van der Waals surface area contributed by atoms with Gasteiger partial charge in [-0.3, -0.25) is 4.79 Å². The van der Waals surface area contributed by atoms with Crippen LogP contribution in [0.2, 0.25) is 0 Å². The quantitative estimate of drug-likeness (QED) is 0.128. The van der Waals surface area contributed by atoms with Crippen LogP contribution in [-0.2, 0) is 35.2 Å². The van der Waals surface area contributed by atoms with Crippen LogP contribution in [0.5, 0.6) is 11.5 Å². The van der Waals surface area contributed by atoms with E-state index in [9.17, 15) is 15.0 Å². The molecule has 1 unspecified atom stereocenters. The lowest BCUT2D eigenvalue weighted by Gasteiger charge is -2.35. The zero-order chi connectivity index (χ0) is 36.1. The number of benzene rings is 4. The highest BCUT2D eigenvalue weighted by Gasteiger charge is 2.62. The molecule has 7 heteroatoms. The van der Waals surface area contributed by atoms with E-state index in [2.05, 4.69) is 12.1 Å². The van der Waals surface area contributed by atoms with E-state index >= 15 is 0 Å². The molecular weight excluding hydrogens is 640 g/mol. The lowest BCUT2D eigenvalue weighted by molar-refractivity contribution is 0.00953. The third kappa shape index (κ3) is 5.61. The lowest BCUT2D eigenvalue weighted by Crippen LogP contribution is -2.40. The fourth-order valence-electron chi connectivity index (χ4n) is 9.27. The first-order valence-corrected chi connectivity index (χ1v) is 18.4. The Bertz CT molecular complexity index is 1980. The second-order valence-electron chi connectivity index (χ2n) is 14.8. The average molecular weight is 691 g/mol. The van der Waals surface area contributed by atoms with Crippen LogP contribution in [0.4, 0.5) is 0 Å². The first-order chi connectivity index (χ1) is 24.6. The number of hydrogen-bond donors (Lipinski definition) is 2. The van der Waals surface area contributed by atoms with Crippen molar-refractivity contribution in [1.29, 1.82) is 0 Å². The van der Waals surface area contributed by atoms with E-state index < -0.39 is 16.2 Å². The van der Waals surface area contributed by atoms with Crippen LogP contribution < -0.4 is 0 Å². The summed E-state index contributed by atoms with van der Waals surface area (Å²) >= 11 is 0. The molecule has 0 saturated heterocycles. The van der Waals surface area contributed by atoms with Gasteiger partial charge in [0, 0.05) is 59.4 Å². The highest BCUT2D eigenvalue weighted by Crippen LogP contribution is 2.65. The lowest BCUT2D eigenvalue weighted by atomic mass is 9.71. The van der Waals surface area contributed by atoms with Gasteiger partial charge in [-0.25, -0.2) is 0 Å². The largest absolute Gasteiger partial charge is 0.508 e. The van der Waals surface area contributed by atoms with E-state index in [1.54, 1.807) is 0 Å². The number of aromatic hydroxyl groups is 2. The van der Waals surface area contributed by atoms with E-state index in [0.29, 0.717) is 76.8 Å². The number of carbonyl (C=O) groups is 1. The van der Waals surface area contributed by atoms with Crippen molar-refractivity contribution in [2.24, 2.45) is 0 Å². The van der Waals surface area contributed by atoms with Gasteiger partial charge in [0.25, 0.3) is 0 Å². The van der Waals surface area contributed by atoms with Crippen LogP contribution in [0, 0.1) is 13.8 Å². The molecule has 4 aromatic carbocycles. The summed E-state index contributed by atoms with van der Waals surface area (Å²) in [5.74, 6) is 0.385. The van der Waals surface area contributed by atoms with Gasteiger partial charge in [0.1, 0.15) is 11.5 Å². The molecule has 0 bridgehead atoms. The fourth-order valence-corrected chi connectivity index (χ4v) is 9.27. The standard InChI is InChI=1S/C44H50O7/c1-7-48-23-42(24-49-8-2)21-44(37-19-39(45)28(6)16-35(37)42)22-43(25-50-9-3,26-51-10-4)36-18-32(40(46)20-38(36)44)29-12-14-31-30-13-11-27(5)15-33(30)41(47)34(31)17-29/h11-20,45-46H,7-10,21-26H2,1-6H3. The topological polar surface area (TPSA) is 94.5 Å². The van der Waals surface area contributed by atoms with Crippen LogP contribution in [-0.4, -0.2) is 68.9 Å². The molecule has 2 N–H and O–H groups in total. The van der Waals surface area contributed by atoms with Crippen LogP contribution in [0.15, 0.2) is 60.7 Å². The maximum absolute atomic E-state index is 13.6. The van der Waals surface area contributed by atoms with Gasteiger partial charge in [-0.05, 0) is 129 Å². The highest BCUT2D eigenvalue weighted by molar-refractivity contribution is 6.22. The van der Waals surface area contributed by atoms with Gasteiger partial charge in [-0.15, -0.1) is 0 Å². The number of carbonyl (C=O) groups excluding carboxylic acids is 1. The molecule has 1 spiro atoms. The third-order valence-electron chi connectivity index (χ3n) is 11.5. The molecule has 0 aromatic heterocycles. The second kappa shape index (κ2) is 13.5. The first kappa shape index (κ1) is 35.4. The van der Waals surface area contributed by atoms with Crippen LogP contribution >= 0.6 is 0 Å². The molecule has 51 heavy (non-hydrogen) atoms. The Labute approximate surface area is 301 Å².